The van der Waals surface area contributed by atoms with Crippen molar-refractivity contribution in [3.63, 3.8) is 0 Å². The van der Waals surface area contributed by atoms with E-state index in [9.17, 15) is 34.4 Å². The monoisotopic (exact) mass is 318 g/mol. The van der Waals surface area contributed by atoms with Gasteiger partial charge in [0.05, 0.1) is 6.61 Å². The first-order valence-electron chi connectivity index (χ1n) is 4.39. The van der Waals surface area contributed by atoms with E-state index in [1.54, 1.807) is 0 Å². The van der Waals surface area contributed by atoms with E-state index < -0.39 is 44.5 Å². The standard InChI is InChI=1S/C6H10F4O6S2/c1-2-4(16-18(13,14)6(9)10)3-15-17(11,12)5(7)8/h4-6H,2-3H2,1H3. The Morgan fingerprint density at radius 2 is 1.39 bits per heavy atom. The minimum absolute atomic E-state index is 0.231. The number of alkyl halides is 4. The van der Waals surface area contributed by atoms with Gasteiger partial charge in [-0.05, 0) is 6.42 Å². The fraction of sp³-hybridized carbons (Fsp3) is 1.00. The Morgan fingerprint density at radius 3 is 1.72 bits per heavy atom. The van der Waals surface area contributed by atoms with Crippen LogP contribution in [0.5, 0.6) is 0 Å². The van der Waals surface area contributed by atoms with Crippen LogP contribution in [-0.2, 0) is 28.6 Å². The summed E-state index contributed by atoms with van der Waals surface area (Å²) < 4.78 is 97.5. The summed E-state index contributed by atoms with van der Waals surface area (Å²) >= 11 is 0. The Hall–Kier alpha value is -0.460. The molecule has 0 spiro atoms. The number of halogens is 4. The highest BCUT2D eigenvalue weighted by Crippen LogP contribution is 2.14. The summed E-state index contributed by atoms with van der Waals surface area (Å²) in [7, 11) is -10.4. The van der Waals surface area contributed by atoms with Crippen LogP contribution in [0.15, 0.2) is 0 Å². The molecule has 0 saturated carbocycles. The molecule has 1 unspecified atom stereocenters. The van der Waals surface area contributed by atoms with Crippen molar-refractivity contribution in [1.82, 2.24) is 0 Å². The molecule has 0 amide bonds. The molecule has 1 atom stereocenters. The third-order valence-electron chi connectivity index (χ3n) is 1.58. The minimum atomic E-state index is -5.19. The van der Waals surface area contributed by atoms with Gasteiger partial charge in [0.25, 0.3) is 0 Å². The molecule has 6 nitrogen and oxygen atoms in total. The molecule has 110 valence electrons. The van der Waals surface area contributed by atoms with Crippen molar-refractivity contribution in [2.45, 2.75) is 31.0 Å². The van der Waals surface area contributed by atoms with E-state index in [-0.39, 0.29) is 6.42 Å². The molecule has 0 heterocycles. The SMILES string of the molecule is CCC(COS(=O)(=O)C(F)F)OS(=O)(=O)C(F)F. The zero-order chi connectivity index (χ0) is 14.6. The van der Waals surface area contributed by atoms with Crippen molar-refractivity contribution in [3.05, 3.63) is 0 Å². The van der Waals surface area contributed by atoms with E-state index in [2.05, 4.69) is 8.37 Å². The highest BCUT2D eigenvalue weighted by molar-refractivity contribution is 7.87. The second-order valence-electron chi connectivity index (χ2n) is 2.92. The van der Waals surface area contributed by atoms with Crippen LogP contribution in [0.2, 0.25) is 0 Å². The van der Waals surface area contributed by atoms with Crippen LogP contribution >= 0.6 is 0 Å². The summed E-state index contributed by atoms with van der Waals surface area (Å²) in [5.41, 5.74) is 0. The van der Waals surface area contributed by atoms with Gasteiger partial charge in [-0.1, -0.05) is 6.92 Å². The fourth-order valence-electron chi connectivity index (χ4n) is 0.668. The summed E-state index contributed by atoms with van der Waals surface area (Å²) in [6.07, 6.45) is -1.83. The first-order chi connectivity index (χ1) is 8.03. The van der Waals surface area contributed by atoms with Gasteiger partial charge in [-0.2, -0.15) is 34.4 Å². The molecule has 0 aliphatic heterocycles. The summed E-state index contributed by atoms with van der Waals surface area (Å²) in [5.74, 6) is -7.64. The number of hydrogen-bond acceptors (Lipinski definition) is 6. The number of hydrogen-bond donors (Lipinski definition) is 0. The average molecular weight is 318 g/mol. The summed E-state index contributed by atoms with van der Waals surface area (Å²) in [4.78, 5) is 0. The van der Waals surface area contributed by atoms with Crippen molar-refractivity contribution in [1.29, 1.82) is 0 Å². The van der Waals surface area contributed by atoms with Crippen molar-refractivity contribution < 1.29 is 42.8 Å². The van der Waals surface area contributed by atoms with Gasteiger partial charge >= 0.3 is 31.8 Å². The van der Waals surface area contributed by atoms with Crippen LogP contribution in [0.25, 0.3) is 0 Å². The maximum atomic E-state index is 11.9. The first kappa shape index (κ1) is 17.5. The molecule has 0 rings (SSSR count). The third-order valence-corrected chi connectivity index (χ3v) is 3.46. The van der Waals surface area contributed by atoms with Crippen LogP contribution in [0.3, 0.4) is 0 Å². The van der Waals surface area contributed by atoms with Gasteiger partial charge in [0.1, 0.15) is 6.10 Å². The van der Waals surface area contributed by atoms with Crippen LogP contribution in [0, 0.1) is 0 Å². The molecule has 0 radical (unpaired) electrons. The maximum Gasteiger partial charge on any atom is 0.361 e. The van der Waals surface area contributed by atoms with Gasteiger partial charge < -0.3 is 0 Å². The van der Waals surface area contributed by atoms with Gasteiger partial charge in [-0.25, -0.2) is 0 Å². The molecule has 0 aliphatic carbocycles. The van der Waals surface area contributed by atoms with Crippen molar-refractivity contribution >= 4 is 20.2 Å². The minimum Gasteiger partial charge on any atom is -0.263 e. The number of rotatable bonds is 8. The largest absolute Gasteiger partial charge is 0.361 e. The van der Waals surface area contributed by atoms with Crippen LogP contribution in [-0.4, -0.2) is 41.1 Å². The Morgan fingerprint density at radius 1 is 0.944 bits per heavy atom. The lowest BCUT2D eigenvalue weighted by Gasteiger charge is -2.15. The lowest BCUT2D eigenvalue weighted by Crippen LogP contribution is -2.29. The van der Waals surface area contributed by atoms with Gasteiger partial charge in [-0.3, -0.25) is 8.37 Å². The predicted octanol–water partition coefficient (Wildman–Crippen LogP) is 0.903. The molecular weight excluding hydrogens is 308 g/mol. The Bertz CT molecular complexity index is 445. The molecule has 0 bridgehead atoms. The quantitative estimate of drug-likeness (QED) is 0.488. The third kappa shape index (κ3) is 5.46. The molecule has 0 N–H and O–H groups in total. The van der Waals surface area contributed by atoms with E-state index in [0.29, 0.717) is 0 Å². The summed E-state index contributed by atoms with van der Waals surface area (Å²) in [6.45, 7) is 0.166. The topological polar surface area (TPSA) is 86.7 Å². The molecule has 0 fully saturated rings. The van der Waals surface area contributed by atoms with E-state index in [4.69, 9.17) is 0 Å². The van der Waals surface area contributed by atoms with Crippen molar-refractivity contribution in [2.75, 3.05) is 6.61 Å². The lowest BCUT2D eigenvalue weighted by atomic mass is 10.3. The first-order valence-corrected chi connectivity index (χ1v) is 7.34. The van der Waals surface area contributed by atoms with Crippen LogP contribution < -0.4 is 0 Å². The molecule has 0 aromatic heterocycles. The molecule has 0 aromatic carbocycles. The maximum absolute atomic E-state index is 11.9. The zero-order valence-electron chi connectivity index (χ0n) is 8.92. The van der Waals surface area contributed by atoms with Crippen molar-refractivity contribution in [2.24, 2.45) is 0 Å². The van der Waals surface area contributed by atoms with E-state index in [0.717, 1.165) is 0 Å². The molecule has 0 saturated heterocycles. The van der Waals surface area contributed by atoms with E-state index in [1.807, 2.05) is 0 Å². The van der Waals surface area contributed by atoms with E-state index >= 15 is 0 Å². The highest BCUT2D eigenvalue weighted by atomic mass is 32.2. The molecular formula is C6H10F4O6S2. The smallest absolute Gasteiger partial charge is 0.263 e. The predicted molar refractivity (Wildman–Crippen MR) is 51.0 cm³/mol. The van der Waals surface area contributed by atoms with Crippen LogP contribution in [0.4, 0.5) is 17.6 Å². The normalized spacial score (nSPS) is 15.3. The second-order valence-corrected chi connectivity index (χ2v) is 6.03. The van der Waals surface area contributed by atoms with Crippen LogP contribution in [0.1, 0.15) is 13.3 Å². The zero-order valence-corrected chi connectivity index (χ0v) is 10.6. The Balaban J connectivity index is 4.58. The highest BCUT2D eigenvalue weighted by Gasteiger charge is 2.31. The lowest BCUT2D eigenvalue weighted by molar-refractivity contribution is 0.106. The van der Waals surface area contributed by atoms with Gasteiger partial charge in [-0.15, -0.1) is 0 Å². The fourth-order valence-corrected chi connectivity index (χ4v) is 1.77. The molecule has 0 aliphatic rings. The summed E-state index contributed by atoms with van der Waals surface area (Å²) in [6, 6.07) is 0. The molecule has 0 aromatic rings. The van der Waals surface area contributed by atoms with Gasteiger partial charge in [0, 0.05) is 0 Å². The Labute approximate surface area is 101 Å². The second kappa shape index (κ2) is 6.63. The van der Waals surface area contributed by atoms with Gasteiger partial charge in [0.15, 0.2) is 0 Å². The Kier molecular flexibility index (Phi) is 6.46. The average Bonchev–Trinajstić information content (AvgIpc) is 2.23. The van der Waals surface area contributed by atoms with E-state index in [1.165, 1.54) is 6.92 Å². The summed E-state index contributed by atoms with van der Waals surface area (Å²) in [5, 5.41) is 0. The molecule has 12 heteroatoms. The van der Waals surface area contributed by atoms with Gasteiger partial charge in [0.2, 0.25) is 0 Å². The molecule has 18 heavy (non-hydrogen) atoms. The van der Waals surface area contributed by atoms with Crippen molar-refractivity contribution in [3.8, 4) is 0 Å².